The standard InChI is InChI=1S/C33H31BrN8O4/c1-43-28-11-6-22(29(44-2)30(28)45-3)20-41-14-16-42(17-15-41)32-38-31(37-24-8-4-21(19-35)5-9-24)39-33(40-32)46-27-12-13-36-26-10-7-23(34)18-25(26)27/h4-13,18H,14-17,20H2,1-3H3,(H,37,38,39,40). The molecule has 0 aliphatic carbocycles. The van der Waals surface area contributed by atoms with Gasteiger partial charge in [-0.05, 0) is 54.6 Å². The molecule has 234 valence electrons. The number of benzene rings is 3. The normalized spacial score (nSPS) is 13.2. The quantitative estimate of drug-likeness (QED) is 0.187. The lowest BCUT2D eigenvalue weighted by atomic mass is 10.1. The first-order valence-electron chi connectivity index (χ1n) is 14.5. The number of nitrogens with one attached hydrogen (secondary N) is 1. The number of anilines is 3. The molecule has 3 aromatic carbocycles. The molecular weight excluding hydrogens is 652 g/mol. The highest BCUT2D eigenvalue weighted by Crippen LogP contribution is 2.40. The Kier molecular flexibility index (Phi) is 9.28. The van der Waals surface area contributed by atoms with Crippen molar-refractivity contribution >= 4 is 44.4 Å². The minimum absolute atomic E-state index is 0.145. The topological polar surface area (TPSA) is 131 Å². The van der Waals surface area contributed by atoms with Crippen LogP contribution in [-0.4, -0.2) is 72.3 Å². The third-order valence-electron chi connectivity index (χ3n) is 7.57. The average Bonchev–Trinajstić information content (AvgIpc) is 3.08. The molecule has 1 fully saturated rings. The number of pyridine rings is 1. The van der Waals surface area contributed by atoms with E-state index in [9.17, 15) is 5.26 Å². The van der Waals surface area contributed by atoms with Crippen molar-refractivity contribution in [3.63, 3.8) is 0 Å². The predicted octanol–water partition coefficient (Wildman–Crippen LogP) is 5.94. The fourth-order valence-electron chi connectivity index (χ4n) is 5.26. The van der Waals surface area contributed by atoms with E-state index in [1.54, 1.807) is 57.9 Å². The summed E-state index contributed by atoms with van der Waals surface area (Å²) < 4.78 is 23.9. The van der Waals surface area contributed by atoms with Gasteiger partial charge in [0.25, 0.3) is 0 Å². The van der Waals surface area contributed by atoms with Crippen LogP contribution in [0.1, 0.15) is 11.1 Å². The molecule has 1 saturated heterocycles. The highest BCUT2D eigenvalue weighted by Gasteiger charge is 2.24. The summed E-state index contributed by atoms with van der Waals surface area (Å²) in [6.07, 6.45) is 1.69. The Labute approximate surface area is 274 Å². The monoisotopic (exact) mass is 682 g/mol. The van der Waals surface area contributed by atoms with Crippen molar-refractivity contribution in [2.45, 2.75) is 6.54 Å². The average molecular weight is 684 g/mol. The van der Waals surface area contributed by atoms with Crippen LogP contribution in [0.25, 0.3) is 10.9 Å². The number of ether oxygens (including phenoxy) is 4. The molecule has 0 atom stereocenters. The summed E-state index contributed by atoms with van der Waals surface area (Å²) in [5.74, 6) is 3.25. The van der Waals surface area contributed by atoms with E-state index in [2.05, 4.69) is 47.1 Å². The van der Waals surface area contributed by atoms with Crippen LogP contribution in [0.5, 0.6) is 29.0 Å². The van der Waals surface area contributed by atoms with Crippen LogP contribution in [0, 0.1) is 11.3 Å². The first-order valence-corrected chi connectivity index (χ1v) is 15.3. The second-order valence-electron chi connectivity index (χ2n) is 10.4. The minimum Gasteiger partial charge on any atom is -0.493 e. The van der Waals surface area contributed by atoms with Gasteiger partial charge in [0.1, 0.15) is 5.75 Å². The number of aromatic nitrogens is 4. The molecule has 5 aromatic rings. The molecule has 0 spiro atoms. The number of nitriles is 1. The van der Waals surface area contributed by atoms with Gasteiger partial charge in [-0.2, -0.15) is 20.2 Å². The Morgan fingerprint density at radius 2 is 1.63 bits per heavy atom. The molecule has 1 aliphatic heterocycles. The Morgan fingerprint density at radius 3 is 2.35 bits per heavy atom. The fourth-order valence-corrected chi connectivity index (χ4v) is 5.62. The van der Waals surface area contributed by atoms with Crippen LogP contribution < -0.4 is 29.2 Å². The summed E-state index contributed by atoms with van der Waals surface area (Å²) in [4.78, 5) is 23.0. The molecule has 0 unspecified atom stereocenters. The molecule has 0 bridgehead atoms. The third kappa shape index (κ3) is 6.73. The largest absolute Gasteiger partial charge is 0.493 e. The SMILES string of the molecule is COc1ccc(CN2CCN(c3nc(Nc4ccc(C#N)cc4)nc(Oc4ccnc5ccc(Br)cc45)n3)CC2)c(OC)c1OC. The molecule has 0 saturated carbocycles. The van der Waals surface area contributed by atoms with Crippen molar-refractivity contribution in [2.24, 2.45) is 0 Å². The van der Waals surface area contributed by atoms with Gasteiger partial charge in [0, 0.05) is 60.0 Å². The van der Waals surface area contributed by atoms with Gasteiger partial charge in [-0.15, -0.1) is 0 Å². The zero-order valence-corrected chi connectivity index (χ0v) is 27.1. The molecule has 46 heavy (non-hydrogen) atoms. The van der Waals surface area contributed by atoms with Gasteiger partial charge in [0.2, 0.25) is 17.6 Å². The second kappa shape index (κ2) is 13.8. The Bertz CT molecular complexity index is 1890. The molecule has 1 N–H and O–H groups in total. The van der Waals surface area contributed by atoms with Gasteiger partial charge < -0.3 is 29.2 Å². The molecule has 2 aromatic heterocycles. The number of rotatable bonds is 10. The van der Waals surface area contributed by atoms with Gasteiger partial charge >= 0.3 is 6.01 Å². The van der Waals surface area contributed by atoms with Gasteiger partial charge in [-0.3, -0.25) is 9.88 Å². The fraction of sp³-hybridized carbons (Fsp3) is 0.242. The van der Waals surface area contributed by atoms with E-state index >= 15 is 0 Å². The lowest BCUT2D eigenvalue weighted by Crippen LogP contribution is -2.46. The van der Waals surface area contributed by atoms with E-state index in [0.29, 0.717) is 60.1 Å². The van der Waals surface area contributed by atoms with Gasteiger partial charge in [0.05, 0.1) is 38.5 Å². The maximum atomic E-state index is 9.19. The zero-order chi connectivity index (χ0) is 32.0. The molecule has 0 radical (unpaired) electrons. The molecule has 3 heterocycles. The van der Waals surface area contributed by atoms with Crippen molar-refractivity contribution in [1.29, 1.82) is 5.26 Å². The number of piperazine rings is 1. The highest BCUT2D eigenvalue weighted by molar-refractivity contribution is 9.10. The summed E-state index contributed by atoms with van der Waals surface area (Å²) in [6, 6.07) is 20.8. The maximum Gasteiger partial charge on any atom is 0.328 e. The summed E-state index contributed by atoms with van der Waals surface area (Å²) >= 11 is 3.54. The molecule has 6 rings (SSSR count). The van der Waals surface area contributed by atoms with Gasteiger partial charge in [0.15, 0.2) is 11.5 Å². The first kappa shape index (κ1) is 30.8. The number of methoxy groups -OCH3 is 3. The molecule has 1 aliphatic rings. The van der Waals surface area contributed by atoms with E-state index in [-0.39, 0.29) is 6.01 Å². The Hall–Kier alpha value is -5.19. The van der Waals surface area contributed by atoms with Crippen molar-refractivity contribution in [1.82, 2.24) is 24.8 Å². The number of hydrogen-bond acceptors (Lipinski definition) is 12. The predicted molar refractivity (Wildman–Crippen MR) is 177 cm³/mol. The van der Waals surface area contributed by atoms with Crippen molar-refractivity contribution in [3.05, 3.63) is 82.5 Å². The molecular formula is C33H31BrN8O4. The lowest BCUT2D eigenvalue weighted by molar-refractivity contribution is 0.242. The third-order valence-corrected chi connectivity index (χ3v) is 8.07. The summed E-state index contributed by atoms with van der Waals surface area (Å²) in [5, 5.41) is 13.2. The van der Waals surface area contributed by atoms with Crippen LogP contribution in [-0.2, 0) is 6.54 Å². The van der Waals surface area contributed by atoms with Crippen LogP contribution >= 0.6 is 15.9 Å². The number of nitrogens with zero attached hydrogens (tertiary/aromatic N) is 7. The zero-order valence-electron chi connectivity index (χ0n) is 25.5. The molecule has 13 heteroatoms. The maximum absolute atomic E-state index is 9.19. The second-order valence-corrected chi connectivity index (χ2v) is 11.3. The molecule has 12 nitrogen and oxygen atoms in total. The lowest BCUT2D eigenvalue weighted by Gasteiger charge is -2.35. The van der Waals surface area contributed by atoms with Crippen LogP contribution in [0.4, 0.5) is 17.6 Å². The summed E-state index contributed by atoms with van der Waals surface area (Å²) in [6.45, 7) is 3.57. The van der Waals surface area contributed by atoms with Crippen molar-refractivity contribution < 1.29 is 18.9 Å². The Morgan fingerprint density at radius 1 is 0.848 bits per heavy atom. The van der Waals surface area contributed by atoms with Crippen LogP contribution in [0.15, 0.2) is 71.3 Å². The number of hydrogen-bond donors (Lipinski definition) is 1. The van der Waals surface area contributed by atoms with E-state index in [0.717, 1.165) is 39.7 Å². The van der Waals surface area contributed by atoms with Gasteiger partial charge in [-0.1, -0.05) is 22.0 Å². The minimum atomic E-state index is 0.145. The summed E-state index contributed by atoms with van der Waals surface area (Å²) in [7, 11) is 4.85. The van der Waals surface area contributed by atoms with Crippen molar-refractivity contribution in [3.8, 4) is 35.1 Å². The smallest absolute Gasteiger partial charge is 0.328 e. The van der Waals surface area contributed by atoms with Crippen LogP contribution in [0.3, 0.4) is 0 Å². The number of fused-ring (bicyclic) bond motifs is 1. The van der Waals surface area contributed by atoms with Gasteiger partial charge in [-0.25, -0.2) is 0 Å². The highest BCUT2D eigenvalue weighted by atomic mass is 79.9. The van der Waals surface area contributed by atoms with Crippen molar-refractivity contribution in [2.75, 3.05) is 57.7 Å². The van der Waals surface area contributed by atoms with E-state index in [1.165, 1.54) is 0 Å². The van der Waals surface area contributed by atoms with E-state index < -0.39 is 0 Å². The van der Waals surface area contributed by atoms with Crippen LogP contribution in [0.2, 0.25) is 0 Å². The van der Waals surface area contributed by atoms with E-state index in [1.807, 2.05) is 30.3 Å². The molecule has 0 amide bonds. The summed E-state index contributed by atoms with van der Waals surface area (Å²) in [5.41, 5.74) is 3.09. The van der Waals surface area contributed by atoms with E-state index in [4.69, 9.17) is 28.9 Å². The Balaban J connectivity index is 1.25. The number of halogens is 1. The first-order chi connectivity index (χ1) is 22.5.